The minimum absolute atomic E-state index is 0.142. The van der Waals surface area contributed by atoms with Gasteiger partial charge in [0.05, 0.1) is 5.41 Å². The molecule has 1 aromatic rings. The van der Waals surface area contributed by atoms with Gasteiger partial charge in [0.1, 0.15) is 0 Å². The smallest absolute Gasteiger partial charge is 0.310 e. The molecule has 86 valence electrons. The Labute approximate surface area is 96.3 Å². The average molecular weight is 218 g/mol. The molecule has 1 aliphatic rings. The Morgan fingerprint density at radius 2 is 1.88 bits per heavy atom. The third kappa shape index (κ3) is 1.16. The molecule has 2 heteroatoms. The van der Waals surface area contributed by atoms with Crippen LogP contribution in [-0.2, 0) is 4.79 Å². The number of carboxylic acid groups (broad SMARTS) is 1. The molecule has 0 radical (unpaired) electrons. The third-order valence-electron chi connectivity index (χ3n) is 4.35. The van der Waals surface area contributed by atoms with Crippen LogP contribution in [0, 0.1) is 10.8 Å². The van der Waals surface area contributed by atoms with Gasteiger partial charge in [-0.15, -0.1) is 0 Å². The Bertz CT molecular complexity index is 408. The first kappa shape index (κ1) is 11.2. The highest BCUT2D eigenvalue weighted by Crippen LogP contribution is 2.75. The Hall–Kier alpha value is -1.31. The van der Waals surface area contributed by atoms with Crippen molar-refractivity contribution in [3.8, 4) is 0 Å². The Morgan fingerprint density at radius 3 is 2.25 bits per heavy atom. The van der Waals surface area contributed by atoms with Crippen LogP contribution in [0.25, 0.3) is 0 Å². The maximum absolute atomic E-state index is 11.5. The van der Waals surface area contributed by atoms with Gasteiger partial charge in [-0.3, -0.25) is 4.79 Å². The fourth-order valence-corrected chi connectivity index (χ4v) is 3.41. The van der Waals surface area contributed by atoms with Crippen molar-refractivity contribution in [2.45, 2.75) is 33.1 Å². The molecule has 2 unspecified atom stereocenters. The molecular weight excluding hydrogens is 200 g/mol. The van der Waals surface area contributed by atoms with E-state index in [1.165, 1.54) is 0 Å². The first-order valence-electron chi connectivity index (χ1n) is 5.77. The van der Waals surface area contributed by atoms with Crippen LogP contribution in [0.4, 0.5) is 0 Å². The molecule has 0 saturated heterocycles. The summed E-state index contributed by atoms with van der Waals surface area (Å²) in [5.41, 5.74) is 0.431. The minimum atomic E-state index is -0.658. The van der Waals surface area contributed by atoms with Gasteiger partial charge < -0.3 is 5.11 Å². The SMILES string of the molecule is CCC1(C(=O)O)C(c2ccccc2)C1(C)C. The second-order valence-electron chi connectivity index (χ2n) is 5.20. The van der Waals surface area contributed by atoms with E-state index in [1.807, 2.05) is 37.3 Å². The minimum Gasteiger partial charge on any atom is -0.481 e. The van der Waals surface area contributed by atoms with Crippen molar-refractivity contribution in [2.24, 2.45) is 10.8 Å². The van der Waals surface area contributed by atoms with E-state index in [4.69, 9.17) is 0 Å². The van der Waals surface area contributed by atoms with Crippen molar-refractivity contribution in [3.05, 3.63) is 35.9 Å². The summed E-state index contributed by atoms with van der Waals surface area (Å²) >= 11 is 0. The number of rotatable bonds is 3. The van der Waals surface area contributed by atoms with Gasteiger partial charge in [0.2, 0.25) is 0 Å². The number of carbonyl (C=O) groups is 1. The molecule has 0 heterocycles. The van der Waals surface area contributed by atoms with Crippen molar-refractivity contribution in [1.29, 1.82) is 0 Å². The van der Waals surface area contributed by atoms with E-state index < -0.39 is 11.4 Å². The maximum atomic E-state index is 11.5. The van der Waals surface area contributed by atoms with Gasteiger partial charge in [0, 0.05) is 5.92 Å². The summed E-state index contributed by atoms with van der Waals surface area (Å²) in [4.78, 5) is 11.5. The van der Waals surface area contributed by atoms with E-state index in [0.29, 0.717) is 6.42 Å². The lowest BCUT2D eigenvalue weighted by molar-refractivity contribution is -0.145. The van der Waals surface area contributed by atoms with E-state index in [0.717, 1.165) is 5.56 Å². The van der Waals surface area contributed by atoms with Crippen LogP contribution in [0.1, 0.15) is 38.7 Å². The fourth-order valence-electron chi connectivity index (χ4n) is 3.41. The van der Waals surface area contributed by atoms with Gasteiger partial charge in [-0.05, 0) is 17.4 Å². The van der Waals surface area contributed by atoms with Crippen LogP contribution in [0.2, 0.25) is 0 Å². The quantitative estimate of drug-likeness (QED) is 0.845. The highest BCUT2D eigenvalue weighted by Gasteiger charge is 2.74. The summed E-state index contributed by atoms with van der Waals surface area (Å²) in [7, 11) is 0. The number of aliphatic carboxylic acids is 1. The lowest BCUT2D eigenvalue weighted by atomic mass is 9.93. The molecule has 1 aliphatic carbocycles. The third-order valence-corrected chi connectivity index (χ3v) is 4.35. The summed E-state index contributed by atoms with van der Waals surface area (Å²) in [5.74, 6) is -0.516. The average Bonchev–Trinajstić information content (AvgIpc) is 2.77. The number of hydrogen-bond acceptors (Lipinski definition) is 1. The molecule has 0 aromatic heterocycles. The molecule has 0 aliphatic heterocycles. The summed E-state index contributed by atoms with van der Waals surface area (Å²) in [6.45, 7) is 6.09. The zero-order chi connectivity index (χ0) is 12.0. The highest BCUT2D eigenvalue weighted by atomic mass is 16.4. The van der Waals surface area contributed by atoms with E-state index in [-0.39, 0.29) is 11.3 Å². The van der Waals surface area contributed by atoms with E-state index in [9.17, 15) is 9.90 Å². The molecule has 1 fully saturated rings. The molecular formula is C14H18O2. The predicted octanol–water partition coefficient (Wildman–Crippen LogP) is 3.29. The zero-order valence-electron chi connectivity index (χ0n) is 10.0. The summed E-state index contributed by atoms with van der Waals surface area (Å²) in [5, 5.41) is 9.47. The lowest BCUT2D eigenvalue weighted by Gasteiger charge is -2.11. The van der Waals surface area contributed by atoms with Crippen molar-refractivity contribution in [3.63, 3.8) is 0 Å². The van der Waals surface area contributed by atoms with Crippen molar-refractivity contribution in [2.75, 3.05) is 0 Å². The van der Waals surface area contributed by atoms with Crippen LogP contribution < -0.4 is 0 Å². The molecule has 16 heavy (non-hydrogen) atoms. The van der Waals surface area contributed by atoms with Crippen molar-refractivity contribution < 1.29 is 9.90 Å². The number of hydrogen-bond donors (Lipinski definition) is 1. The second kappa shape index (κ2) is 3.34. The van der Waals surface area contributed by atoms with Gasteiger partial charge in [-0.1, -0.05) is 51.1 Å². The zero-order valence-corrected chi connectivity index (χ0v) is 10.0. The topological polar surface area (TPSA) is 37.3 Å². The van der Waals surface area contributed by atoms with Crippen LogP contribution in [-0.4, -0.2) is 11.1 Å². The fraction of sp³-hybridized carbons (Fsp3) is 0.500. The standard InChI is InChI=1S/C14H18O2/c1-4-14(12(15)16)11(13(14,2)3)10-8-6-5-7-9-10/h5-9,11H,4H2,1-3H3,(H,15,16). The van der Waals surface area contributed by atoms with Gasteiger partial charge in [-0.2, -0.15) is 0 Å². The molecule has 1 N–H and O–H groups in total. The number of carboxylic acids is 1. The Balaban J connectivity index is 2.43. The van der Waals surface area contributed by atoms with Crippen LogP contribution in [0.3, 0.4) is 0 Å². The molecule has 2 rings (SSSR count). The molecule has 2 atom stereocenters. The first-order valence-corrected chi connectivity index (χ1v) is 5.77. The van der Waals surface area contributed by atoms with Crippen molar-refractivity contribution in [1.82, 2.24) is 0 Å². The monoisotopic (exact) mass is 218 g/mol. The molecule has 1 saturated carbocycles. The lowest BCUT2D eigenvalue weighted by Crippen LogP contribution is -2.20. The van der Waals surface area contributed by atoms with Crippen LogP contribution in [0.5, 0.6) is 0 Å². The van der Waals surface area contributed by atoms with E-state index >= 15 is 0 Å². The Kier molecular flexibility index (Phi) is 2.33. The number of benzene rings is 1. The van der Waals surface area contributed by atoms with Gasteiger partial charge >= 0.3 is 5.97 Å². The van der Waals surface area contributed by atoms with E-state index in [1.54, 1.807) is 0 Å². The van der Waals surface area contributed by atoms with Gasteiger partial charge in [0.15, 0.2) is 0 Å². The van der Waals surface area contributed by atoms with Crippen molar-refractivity contribution >= 4 is 5.97 Å². The molecule has 1 aromatic carbocycles. The summed E-state index contributed by atoms with van der Waals surface area (Å²) in [6, 6.07) is 9.99. The molecule has 0 spiro atoms. The normalized spacial score (nSPS) is 31.1. The Morgan fingerprint density at radius 1 is 1.31 bits per heavy atom. The highest BCUT2D eigenvalue weighted by molar-refractivity contribution is 5.83. The van der Waals surface area contributed by atoms with Crippen LogP contribution >= 0.6 is 0 Å². The van der Waals surface area contributed by atoms with Gasteiger partial charge in [0.25, 0.3) is 0 Å². The first-order chi connectivity index (χ1) is 7.48. The molecule has 0 amide bonds. The molecule has 2 nitrogen and oxygen atoms in total. The summed E-state index contributed by atoms with van der Waals surface area (Å²) < 4.78 is 0. The predicted molar refractivity (Wildman–Crippen MR) is 63.3 cm³/mol. The van der Waals surface area contributed by atoms with Crippen LogP contribution in [0.15, 0.2) is 30.3 Å². The van der Waals surface area contributed by atoms with Gasteiger partial charge in [-0.25, -0.2) is 0 Å². The second-order valence-corrected chi connectivity index (χ2v) is 5.20. The summed E-state index contributed by atoms with van der Waals surface area (Å²) in [6.07, 6.45) is 0.689. The largest absolute Gasteiger partial charge is 0.481 e. The van der Waals surface area contributed by atoms with E-state index in [2.05, 4.69) is 13.8 Å². The molecule has 0 bridgehead atoms. The maximum Gasteiger partial charge on any atom is 0.310 e.